The fourth-order valence-corrected chi connectivity index (χ4v) is 3.97. The normalized spacial score (nSPS) is 18.9. The van der Waals surface area contributed by atoms with Crippen molar-refractivity contribution in [2.24, 2.45) is 11.8 Å². The summed E-state index contributed by atoms with van der Waals surface area (Å²) in [6.45, 7) is 16.6. The summed E-state index contributed by atoms with van der Waals surface area (Å²) in [5.74, 6) is 0.307. The molecule has 31 heavy (non-hydrogen) atoms. The van der Waals surface area contributed by atoms with Crippen molar-refractivity contribution in [3.63, 3.8) is 0 Å². The van der Waals surface area contributed by atoms with Crippen molar-refractivity contribution in [3.8, 4) is 0 Å². The van der Waals surface area contributed by atoms with Gasteiger partial charge < -0.3 is 15.0 Å². The molecule has 0 saturated carbocycles. The molecule has 1 fully saturated rings. The number of rotatable bonds is 6. The zero-order valence-electron chi connectivity index (χ0n) is 19.9. The van der Waals surface area contributed by atoms with Crippen molar-refractivity contribution in [2.45, 2.75) is 72.7 Å². The molecule has 2 atom stereocenters. The fourth-order valence-electron chi connectivity index (χ4n) is 3.85. The summed E-state index contributed by atoms with van der Waals surface area (Å²) in [6.07, 6.45) is -0.554. The Morgan fingerprint density at radius 1 is 1.13 bits per heavy atom. The molecule has 174 valence electrons. The highest BCUT2D eigenvalue weighted by Gasteiger charge is 2.36. The first-order valence-electron chi connectivity index (χ1n) is 11.1. The molecular formula is C24H38ClN3O3. The molecule has 1 heterocycles. The van der Waals surface area contributed by atoms with Gasteiger partial charge in [0.05, 0.1) is 0 Å². The quantitative estimate of drug-likeness (QED) is 0.688. The van der Waals surface area contributed by atoms with Gasteiger partial charge in [0.25, 0.3) is 0 Å². The second-order valence-corrected chi connectivity index (χ2v) is 10.5. The van der Waals surface area contributed by atoms with Gasteiger partial charge in [0.15, 0.2) is 0 Å². The third-order valence-electron chi connectivity index (χ3n) is 5.52. The first kappa shape index (κ1) is 25.5. The van der Waals surface area contributed by atoms with E-state index < -0.39 is 17.7 Å². The smallest absolute Gasteiger partial charge is 0.408 e. The van der Waals surface area contributed by atoms with E-state index in [0.717, 1.165) is 18.1 Å². The number of nitrogens with one attached hydrogen (secondary N) is 1. The second-order valence-electron chi connectivity index (χ2n) is 10.1. The van der Waals surface area contributed by atoms with Crippen LogP contribution in [0.3, 0.4) is 0 Å². The standard InChI is InChI=1S/C24H38ClN3O3/c1-16(2)20-15-28(13-12-27(20)14-18-8-10-19(25)11-9-18)22(29)21(17(3)4)26-23(30)31-24(5,6)7/h8-11,16-17,20-21H,12-15H2,1-7H3,(H,26,30)/t20-,21+/m1/s1. The molecule has 0 radical (unpaired) electrons. The molecule has 1 aliphatic heterocycles. The predicted molar refractivity (Wildman–Crippen MR) is 125 cm³/mol. The average Bonchev–Trinajstić information content (AvgIpc) is 2.66. The molecular weight excluding hydrogens is 414 g/mol. The third kappa shape index (κ3) is 7.69. The monoisotopic (exact) mass is 451 g/mol. The van der Waals surface area contributed by atoms with Crippen molar-refractivity contribution in [1.82, 2.24) is 15.1 Å². The van der Waals surface area contributed by atoms with E-state index in [9.17, 15) is 9.59 Å². The van der Waals surface area contributed by atoms with Crippen molar-refractivity contribution in [2.75, 3.05) is 19.6 Å². The van der Waals surface area contributed by atoms with Gasteiger partial charge in [0.1, 0.15) is 11.6 Å². The van der Waals surface area contributed by atoms with Crippen LogP contribution in [0.1, 0.15) is 54.0 Å². The summed E-state index contributed by atoms with van der Waals surface area (Å²) in [7, 11) is 0. The average molecular weight is 452 g/mol. The largest absolute Gasteiger partial charge is 0.444 e. The molecule has 6 nitrogen and oxygen atoms in total. The lowest BCUT2D eigenvalue weighted by Crippen LogP contribution is -2.60. The van der Waals surface area contributed by atoms with Crippen molar-refractivity contribution in [1.29, 1.82) is 0 Å². The zero-order valence-corrected chi connectivity index (χ0v) is 20.7. The molecule has 7 heteroatoms. The Morgan fingerprint density at radius 3 is 2.26 bits per heavy atom. The van der Waals surface area contributed by atoms with E-state index in [1.807, 2.05) is 51.7 Å². The number of amides is 2. The minimum atomic E-state index is -0.606. The Balaban J connectivity index is 2.07. The van der Waals surface area contributed by atoms with Crippen LogP contribution in [0, 0.1) is 11.8 Å². The van der Waals surface area contributed by atoms with E-state index in [4.69, 9.17) is 16.3 Å². The number of piperazine rings is 1. The molecule has 0 unspecified atom stereocenters. The highest BCUT2D eigenvalue weighted by atomic mass is 35.5. The number of halogens is 1. The van der Waals surface area contributed by atoms with E-state index in [0.29, 0.717) is 19.0 Å². The van der Waals surface area contributed by atoms with Crippen LogP contribution in [-0.4, -0.2) is 59.1 Å². The first-order chi connectivity index (χ1) is 14.4. The van der Waals surface area contributed by atoms with E-state index in [1.165, 1.54) is 5.56 Å². The highest BCUT2D eigenvalue weighted by Crippen LogP contribution is 2.22. The van der Waals surface area contributed by atoms with Crippen LogP contribution < -0.4 is 5.32 Å². The summed E-state index contributed by atoms with van der Waals surface area (Å²) >= 11 is 6.02. The summed E-state index contributed by atoms with van der Waals surface area (Å²) in [5.41, 5.74) is 0.603. The van der Waals surface area contributed by atoms with Crippen LogP contribution in [0.25, 0.3) is 0 Å². The maximum absolute atomic E-state index is 13.3. The van der Waals surface area contributed by atoms with E-state index >= 15 is 0 Å². The topological polar surface area (TPSA) is 61.9 Å². The summed E-state index contributed by atoms with van der Waals surface area (Å²) in [6, 6.07) is 7.56. The number of hydrogen-bond acceptors (Lipinski definition) is 4. The van der Waals surface area contributed by atoms with Crippen molar-refractivity contribution >= 4 is 23.6 Å². The number of ether oxygens (including phenoxy) is 1. The number of benzene rings is 1. The maximum atomic E-state index is 13.3. The van der Waals surface area contributed by atoms with Gasteiger partial charge >= 0.3 is 6.09 Å². The lowest BCUT2D eigenvalue weighted by molar-refractivity contribution is -0.138. The van der Waals surface area contributed by atoms with Gasteiger partial charge in [0, 0.05) is 37.2 Å². The molecule has 1 saturated heterocycles. The molecule has 0 bridgehead atoms. The summed E-state index contributed by atoms with van der Waals surface area (Å²) in [5, 5.41) is 3.53. The van der Waals surface area contributed by atoms with Crippen molar-refractivity contribution in [3.05, 3.63) is 34.9 Å². The second kappa shape index (κ2) is 10.7. The summed E-state index contributed by atoms with van der Waals surface area (Å²) < 4.78 is 5.37. The van der Waals surface area contributed by atoms with E-state index in [1.54, 1.807) is 0 Å². The van der Waals surface area contributed by atoms with Crippen LogP contribution in [-0.2, 0) is 16.1 Å². The molecule has 0 aromatic heterocycles. The number of carbonyl (C=O) groups excluding carboxylic acids is 2. The Morgan fingerprint density at radius 2 is 1.74 bits per heavy atom. The number of alkyl carbamates (subject to hydrolysis) is 1. The lowest BCUT2D eigenvalue weighted by atomic mass is 9.96. The Labute approximate surface area is 192 Å². The zero-order chi connectivity index (χ0) is 23.3. The number of carbonyl (C=O) groups is 2. The van der Waals surface area contributed by atoms with Crippen LogP contribution in [0.2, 0.25) is 5.02 Å². The van der Waals surface area contributed by atoms with Gasteiger partial charge in [-0.1, -0.05) is 51.4 Å². The Bertz CT molecular complexity index is 743. The first-order valence-corrected chi connectivity index (χ1v) is 11.5. The molecule has 0 spiro atoms. The molecule has 1 aromatic rings. The Kier molecular flexibility index (Phi) is 8.78. The van der Waals surface area contributed by atoms with Gasteiger partial charge in [-0.2, -0.15) is 0 Å². The third-order valence-corrected chi connectivity index (χ3v) is 5.77. The van der Waals surface area contributed by atoms with Crippen LogP contribution in [0.5, 0.6) is 0 Å². The Hall–Kier alpha value is -1.79. The molecule has 1 aliphatic rings. The van der Waals surface area contributed by atoms with Crippen LogP contribution >= 0.6 is 11.6 Å². The number of nitrogens with zero attached hydrogens (tertiary/aromatic N) is 2. The SMILES string of the molecule is CC(C)[C@H](NC(=O)OC(C)(C)C)C(=O)N1CCN(Cc2ccc(Cl)cc2)[C@@H](C(C)C)C1. The van der Waals surface area contributed by atoms with E-state index in [2.05, 4.69) is 36.2 Å². The minimum Gasteiger partial charge on any atom is -0.444 e. The van der Waals surface area contributed by atoms with Gasteiger partial charge in [-0.05, 0) is 50.3 Å². The number of hydrogen-bond donors (Lipinski definition) is 1. The van der Waals surface area contributed by atoms with Gasteiger partial charge in [-0.3, -0.25) is 9.69 Å². The maximum Gasteiger partial charge on any atom is 0.408 e. The van der Waals surface area contributed by atoms with Crippen LogP contribution in [0.15, 0.2) is 24.3 Å². The van der Waals surface area contributed by atoms with Crippen molar-refractivity contribution < 1.29 is 14.3 Å². The molecule has 1 N–H and O–H groups in total. The van der Waals surface area contributed by atoms with Gasteiger partial charge in [0.2, 0.25) is 5.91 Å². The molecule has 2 amide bonds. The minimum absolute atomic E-state index is 0.0374. The summed E-state index contributed by atoms with van der Waals surface area (Å²) in [4.78, 5) is 30.0. The van der Waals surface area contributed by atoms with Gasteiger partial charge in [-0.25, -0.2) is 4.79 Å². The lowest BCUT2D eigenvalue weighted by Gasteiger charge is -2.44. The van der Waals surface area contributed by atoms with E-state index in [-0.39, 0.29) is 17.9 Å². The highest BCUT2D eigenvalue weighted by molar-refractivity contribution is 6.30. The fraction of sp³-hybridized carbons (Fsp3) is 0.667. The van der Waals surface area contributed by atoms with Gasteiger partial charge in [-0.15, -0.1) is 0 Å². The molecule has 1 aromatic carbocycles. The predicted octanol–water partition coefficient (Wildman–Crippen LogP) is 4.56. The molecule has 2 rings (SSSR count). The molecule has 0 aliphatic carbocycles. The van der Waals surface area contributed by atoms with Crippen LogP contribution in [0.4, 0.5) is 4.79 Å².